The minimum absolute atomic E-state index is 0.0752. The zero-order valence-corrected chi connectivity index (χ0v) is 10.5. The highest BCUT2D eigenvalue weighted by Gasteiger charge is 2.14. The van der Waals surface area contributed by atoms with Crippen LogP contribution in [-0.4, -0.2) is 15.5 Å². The first-order valence-electron chi connectivity index (χ1n) is 4.92. The zero-order chi connectivity index (χ0) is 11.4. The first-order chi connectivity index (χ1) is 7.00. The minimum atomic E-state index is -0.996. The summed E-state index contributed by atoms with van der Waals surface area (Å²) in [6, 6.07) is 7.20. The van der Waals surface area contributed by atoms with Crippen molar-refractivity contribution in [3.63, 3.8) is 0 Å². The molecular formula is C11H16ClNOS. The van der Waals surface area contributed by atoms with Gasteiger partial charge in [-0.25, -0.2) is 0 Å². The van der Waals surface area contributed by atoms with E-state index >= 15 is 0 Å². The minimum Gasteiger partial charge on any atom is -0.328 e. The molecule has 3 unspecified atom stereocenters. The summed E-state index contributed by atoms with van der Waals surface area (Å²) in [5.74, 6) is 0. The van der Waals surface area contributed by atoms with E-state index in [0.29, 0.717) is 5.02 Å². The van der Waals surface area contributed by atoms with Gasteiger partial charge < -0.3 is 5.73 Å². The van der Waals surface area contributed by atoms with Crippen molar-refractivity contribution < 1.29 is 4.21 Å². The van der Waals surface area contributed by atoms with Gasteiger partial charge in [-0.15, -0.1) is 0 Å². The van der Waals surface area contributed by atoms with Crippen molar-refractivity contribution in [2.75, 3.05) is 0 Å². The molecule has 0 radical (unpaired) electrons. The molecule has 0 spiro atoms. The fourth-order valence-electron chi connectivity index (χ4n) is 1.41. The summed E-state index contributed by atoms with van der Waals surface area (Å²) < 4.78 is 12.0. The third-order valence-corrected chi connectivity index (χ3v) is 4.03. The van der Waals surface area contributed by atoms with Gasteiger partial charge in [-0.3, -0.25) is 4.21 Å². The summed E-state index contributed by atoms with van der Waals surface area (Å²) in [5, 5.41) is 0.738. The highest BCUT2D eigenvalue weighted by molar-refractivity contribution is 7.85. The van der Waals surface area contributed by atoms with Crippen LogP contribution in [0.1, 0.15) is 20.3 Å². The van der Waals surface area contributed by atoms with Crippen LogP contribution in [0.3, 0.4) is 0 Å². The van der Waals surface area contributed by atoms with E-state index in [1.54, 1.807) is 24.3 Å². The lowest BCUT2D eigenvalue weighted by Crippen LogP contribution is -2.23. The lowest BCUT2D eigenvalue weighted by Gasteiger charge is -2.13. The second-order valence-electron chi connectivity index (χ2n) is 3.77. The van der Waals surface area contributed by atoms with Crippen molar-refractivity contribution in [2.45, 2.75) is 36.5 Å². The topological polar surface area (TPSA) is 43.1 Å². The average molecular weight is 246 g/mol. The Kier molecular flexibility index (Phi) is 4.77. The summed E-state index contributed by atoms with van der Waals surface area (Å²) in [6.07, 6.45) is 0.759. The first kappa shape index (κ1) is 12.7. The molecule has 4 heteroatoms. The highest BCUT2D eigenvalue weighted by Crippen LogP contribution is 2.17. The van der Waals surface area contributed by atoms with Gasteiger partial charge in [0.1, 0.15) is 0 Å². The summed E-state index contributed by atoms with van der Waals surface area (Å²) in [6.45, 7) is 3.88. The molecule has 3 atom stereocenters. The maximum atomic E-state index is 12.0. The molecule has 0 saturated heterocycles. The van der Waals surface area contributed by atoms with Gasteiger partial charge >= 0.3 is 0 Å². The van der Waals surface area contributed by atoms with Crippen LogP contribution in [0.25, 0.3) is 0 Å². The van der Waals surface area contributed by atoms with E-state index < -0.39 is 10.8 Å². The fraction of sp³-hybridized carbons (Fsp3) is 0.455. The number of rotatable bonds is 4. The third-order valence-electron chi connectivity index (χ3n) is 2.12. The van der Waals surface area contributed by atoms with Crippen LogP contribution in [0.5, 0.6) is 0 Å². The summed E-state index contributed by atoms with van der Waals surface area (Å²) in [4.78, 5) is 0.813. The standard InChI is InChI=1S/C11H16ClNOS/c1-8(13)7-9(2)15(14)11-5-3-10(12)4-6-11/h3-6,8-9H,7,13H2,1-2H3. The lowest BCUT2D eigenvalue weighted by atomic mass is 10.2. The van der Waals surface area contributed by atoms with E-state index in [2.05, 4.69) is 0 Å². The Morgan fingerprint density at radius 3 is 2.33 bits per heavy atom. The number of halogens is 1. The van der Waals surface area contributed by atoms with Crippen LogP contribution in [-0.2, 0) is 10.8 Å². The predicted molar refractivity (Wildman–Crippen MR) is 65.6 cm³/mol. The van der Waals surface area contributed by atoms with E-state index in [1.807, 2.05) is 13.8 Å². The Labute approximate surface area is 98.3 Å². The Bertz CT molecular complexity index is 337. The number of benzene rings is 1. The Morgan fingerprint density at radius 2 is 1.87 bits per heavy atom. The molecule has 0 saturated carbocycles. The van der Waals surface area contributed by atoms with Crippen LogP contribution < -0.4 is 5.73 Å². The third kappa shape index (κ3) is 3.93. The van der Waals surface area contributed by atoms with E-state index in [9.17, 15) is 4.21 Å². The van der Waals surface area contributed by atoms with Gasteiger partial charge in [0.25, 0.3) is 0 Å². The van der Waals surface area contributed by atoms with E-state index in [0.717, 1.165) is 11.3 Å². The molecule has 0 aliphatic rings. The monoisotopic (exact) mass is 245 g/mol. The van der Waals surface area contributed by atoms with Gasteiger partial charge in [-0.1, -0.05) is 18.5 Å². The molecule has 0 aliphatic carbocycles. The molecule has 0 fully saturated rings. The van der Waals surface area contributed by atoms with Crippen molar-refractivity contribution in [1.29, 1.82) is 0 Å². The molecule has 1 aromatic rings. The van der Waals surface area contributed by atoms with Gasteiger partial charge in [-0.05, 0) is 37.6 Å². The van der Waals surface area contributed by atoms with E-state index in [-0.39, 0.29) is 11.3 Å². The molecule has 1 rings (SSSR count). The van der Waals surface area contributed by atoms with Crippen molar-refractivity contribution in [1.82, 2.24) is 0 Å². The first-order valence-corrected chi connectivity index (χ1v) is 6.51. The smallest absolute Gasteiger partial charge is 0.0558 e. The Hall–Kier alpha value is -0.380. The van der Waals surface area contributed by atoms with Crippen LogP contribution >= 0.6 is 11.6 Å². The SMILES string of the molecule is CC(N)CC(C)S(=O)c1ccc(Cl)cc1. The predicted octanol–water partition coefficient (Wildman–Crippen LogP) is 2.57. The molecule has 84 valence electrons. The quantitative estimate of drug-likeness (QED) is 0.886. The Morgan fingerprint density at radius 1 is 1.33 bits per heavy atom. The van der Waals surface area contributed by atoms with Gasteiger partial charge in [0.2, 0.25) is 0 Å². The largest absolute Gasteiger partial charge is 0.328 e. The normalized spacial score (nSPS) is 17.1. The molecule has 0 aliphatic heterocycles. The molecular weight excluding hydrogens is 230 g/mol. The van der Waals surface area contributed by atoms with Gasteiger partial charge in [0, 0.05) is 21.2 Å². The fourth-order valence-corrected chi connectivity index (χ4v) is 2.89. The molecule has 2 nitrogen and oxygen atoms in total. The van der Waals surface area contributed by atoms with Crippen LogP contribution in [0, 0.1) is 0 Å². The molecule has 15 heavy (non-hydrogen) atoms. The maximum Gasteiger partial charge on any atom is 0.0558 e. The van der Waals surface area contributed by atoms with Crippen molar-refractivity contribution in [3.05, 3.63) is 29.3 Å². The molecule has 0 amide bonds. The average Bonchev–Trinajstić information content (AvgIpc) is 2.17. The Balaban J connectivity index is 2.72. The number of hydrogen-bond donors (Lipinski definition) is 1. The zero-order valence-electron chi connectivity index (χ0n) is 8.94. The molecule has 1 aromatic carbocycles. The van der Waals surface area contributed by atoms with E-state index in [4.69, 9.17) is 17.3 Å². The van der Waals surface area contributed by atoms with Crippen molar-refractivity contribution >= 4 is 22.4 Å². The van der Waals surface area contributed by atoms with Crippen molar-refractivity contribution in [3.8, 4) is 0 Å². The molecule has 2 N–H and O–H groups in total. The second-order valence-corrected chi connectivity index (χ2v) is 6.08. The van der Waals surface area contributed by atoms with Gasteiger partial charge in [0.05, 0.1) is 10.8 Å². The molecule has 0 bridgehead atoms. The van der Waals surface area contributed by atoms with Crippen LogP contribution in [0.15, 0.2) is 29.2 Å². The second kappa shape index (κ2) is 5.64. The van der Waals surface area contributed by atoms with Gasteiger partial charge in [-0.2, -0.15) is 0 Å². The summed E-state index contributed by atoms with van der Waals surface area (Å²) >= 11 is 5.76. The molecule has 0 heterocycles. The van der Waals surface area contributed by atoms with Crippen molar-refractivity contribution in [2.24, 2.45) is 5.73 Å². The van der Waals surface area contributed by atoms with Crippen LogP contribution in [0.2, 0.25) is 5.02 Å². The summed E-state index contributed by atoms with van der Waals surface area (Å²) in [5.41, 5.74) is 5.68. The highest BCUT2D eigenvalue weighted by atomic mass is 35.5. The summed E-state index contributed by atoms with van der Waals surface area (Å²) in [7, 11) is -0.996. The lowest BCUT2D eigenvalue weighted by molar-refractivity contribution is 0.628. The number of hydrogen-bond acceptors (Lipinski definition) is 2. The molecule has 0 aromatic heterocycles. The van der Waals surface area contributed by atoms with Gasteiger partial charge in [0.15, 0.2) is 0 Å². The number of nitrogens with two attached hydrogens (primary N) is 1. The maximum absolute atomic E-state index is 12.0. The van der Waals surface area contributed by atoms with E-state index in [1.165, 1.54) is 0 Å². The van der Waals surface area contributed by atoms with Crippen LogP contribution in [0.4, 0.5) is 0 Å².